The molecule has 0 unspecified atom stereocenters. The standard InChI is InChI=1S/C23H21ClF4N6O3/c1-9-4-14(29)31-20(17(9)23(26,27)28)16-13(24)5-12-19(18(16)25)32-22(37-8-15(35)36)33-21(12)34-6-10-2-3-11(7-34)30-10/h4-5,10-11,30H,2-3,6-8H2,1H3,(H2,29,31)(H,35,36)/t10-,11+. The first kappa shape index (κ1) is 25.2. The zero-order chi connectivity index (χ0) is 26.6. The van der Waals surface area contributed by atoms with Gasteiger partial charge in [-0.3, -0.25) is 0 Å². The number of benzene rings is 1. The molecule has 2 fully saturated rings. The Morgan fingerprint density at radius 2 is 1.92 bits per heavy atom. The predicted molar refractivity (Wildman–Crippen MR) is 127 cm³/mol. The van der Waals surface area contributed by atoms with Crippen molar-refractivity contribution >= 4 is 40.1 Å². The molecule has 3 aromatic rings. The van der Waals surface area contributed by atoms with Crippen LogP contribution in [0.1, 0.15) is 24.0 Å². The lowest BCUT2D eigenvalue weighted by atomic mass is 9.99. The third-order valence-electron chi connectivity index (χ3n) is 6.44. The molecule has 2 bridgehead atoms. The summed E-state index contributed by atoms with van der Waals surface area (Å²) >= 11 is 6.41. The zero-order valence-electron chi connectivity index (χ0n) is 19.4. The molecule has 0 spiro atoms. The molecule has 2 saturated heterocycles. The van der Waals surface area contributed by atoms with Gasteiger partial charge in [-0.2, -0.15) is 23.1 Å². The van der Waals surface area contributed by atoms with Crippen molar-refractivity contribution in [3.8, 4) is 17.3 Å². The molecule has 4 N–H and O–H groups in total. The van der Waals surface area contributed by atoms with Crippen molar-refractivity contribution in [3.05, 3.63) is 34.1 Å². The van der Waals surface area contributed by atoms with E-state index in [1.807, 2.05) is 4.90 Å². The number of nitrogens with two attached hydrogens (primary N) is 1. The number of hydrogen-bond donors (Lipinski definition) is 3. The second-order valence-corrected chi connectivity index (χ2v) is 9.49. The third kappa shape index (κ3) is 4.68. The third-order valence-corrected chi connectivity index (χ3v) is 6.74. The molecule has 0 aliphatic carbocycles. The van der Waals surface area contributed by atoms with Gasteiger partial charge in [0.2, 0.25) is 0 Å². The lowest BCUT2D eigenvalue weighted by Crippen LogP contribution is -2.51. The second kappa shape index (κ2) is 9.14. The first-order valence-electron chi connectivity index (χ1n) is 11.3. The molecule has 1 aromatic carbocycles. The monoisotopic (exact) mass is 540 g/mol. The Morgan fingerprint density at radius 1 is 1.24 bits per heavy atom. The number of carbonyl (C=O) groups is 1. The number of pyridine rings is 1. The topological polar surface area (TPSA) is 126 Å². The fourth-order valence-electron chi connectivity index (χ4n) is 5.02. The van der Waals surface area contributed by atoms with E-state index in [0.29, 0.717) is 13.1 Å². The minimum absolute atomic E-state index is 0.143. The van der Waals surface area contributed by atoms with Crippen molar-refractivity contribution in [1.29, 1.82) is 0 Å². The van der Waals surface area contributed by atoms with Gasteiger partial charge < -0.3 is 25.8 Å². The Bertz CT molecular complexity index is 1410. The molecule has 0 saturated carbocycles. The molecular formula is C23H21ClF4N6O3. The van der Waals surface area contributed by atoms with Crippen molar-refractivity contribution < 1.29 is 32.2 Å². The van der Waals surface area contributed by atoms with E-state index in [1.165, 1.54) is 13.0 Å². The Labute approximate surface area is 212 Å². The number of ether oxygens (including phenoxy) is 1. The van der Waals surface area contributed by atoms with Crippen LogP contribution in [-0.4, -0.2) is 57.8 Å². The van der Waals surface area contributed by atoms with Crippen LogP contribution in [0.25, 0.3) is 22.2 Å². The highest BCUT2D eigenvalue weighted by Gasteiger charge is 2.39. The highest BCUT2D eigenvalue weighted by atomic mass is 35.5. The number of rotatable bonds is 5. The highest BCUT2D eigenvalue weighted by Crippen LogP contribution is 2.44. The van der Waals surface area contributed by atoms with E-state index in [1.54, 1.807) is 0 Å². The fraction of sp³-hybridized carbons (Fsp3) is 0.391. The van der Waals surface area contributed by atoms with Gasteiger partial charge >= 0.3 is 18.2 Å². The molecule has 37 heavy (non-hydrogen) atoms. The van der Waals surface area contributed by atoms with E-state index in [0.717, 1.165) is 18.9 Å². The maximum Gasteiger partial charge on any atom is 0.418 e. The molecule has 2 atom stereocenters. The number of hydrogen-bond acceptors (Lipinski definition) is 8. The van der Waals surface area contributed by atoms with Crippen molar-refractivity contribution in [1.82, 2.24) is 20.3 Å². The molecule has 4 heterocycles. The van der Waals surface area contributed by atoms with Crippen LogP contribution in [0.4, 0.5) is 29.2 Å². The minimum atomic E-state index is -4.88. The van der Waals surface area contributed by atoms with Crippen LogP contribution in [0.15, 0.2) is 12.1 Å². The molecular weight excluding hydrogens is 520 g/mol. The van der Waals surface area contributed by atoms with Crippen molar-refractivity contribution in [3.63, 3.8) is 0 Å². The number of fused-ring (bicyclic) bond motifs is 3. The average molecular weight is 541 g/mol. The summed E-state index contributed by atoms with van der Waals surface area (Å²) in [5.41, 5.74) is 2.48. The van der Waals surface area contributed by atoms with Crippen LogP contribution in [0.2, 0.25) is 5.02 Å². The van der Waals surface area contributed by atoms with E-state index in [2.05, 4.69) is 20.3 Å². The number of carboxylic acid groups (broad SMARTS) is 1. The fourth-order valence-corrected chi connectivity index (χ4v) is 5.30. The number of nitrogens with one attached hydrogen (secondary N) is 1. The summed E-state index contributed by atoms with van der Waals surface area (Å²) in [6.07, 6.45) is -3.00. The molecule has 2 aliphatic rings. The maximum absolute atomic E-state index is 16.1. The lowest BCUT2D eigenvalue weighted by molar-refractivity contribution is -0.139. The van der Waals surface area contributed by atoms with E-state index in [4.69, 9.17) is 27.2 Å². The van der Waals surface area contributed by atoms with Gasteiger partial charge in [-0.1, -0.05) is 11.6 Å². The normalized spacial score (nSPS) is 19.5. The molecule has 14 heteroatoms. The zero-order valence-corrected chi connectivity index (χ0v) is 20.1. The minimum Gasteiger partial charge on any atom is -0.479 e. The van der Waals surface area contributed by atoms with Crippen LogP contribution in [0, 0.1) is 12.7 Å². The smallest absolute Gasteiger partial charge is 0.418 e. The lowest BCUT2D eigenvalue weighted by Gasteiger charge is -2.34. The van der Waals surface area contributed by atoms with Crippen molar-refractivity contribution in [2.24, 2.45) is 0 Å². The van der Waals surface area contributed by atoms with E-state index >= 15 is 4.39 Å². The van der Waals surface area contributed by atoms with Gasteiger partial charge in [0.15, 0.2) is 12.4 Å². The Kier molecular flexibility index (Phi) is 6.23. The molecule has 9 nitrogen and oxygen atoms in total. The number of aromatic nitrogens is 3. The Balaban J connectivity index is 1.75. The first-order chi connectivity index (χ1) is 17.4. The molecule has 2 aromatic heterocycles. The summed E-state index contributed by atoms with van der Waals surface area (Å²) in [5, 5.41) is 12.3. The molecule has 0 amide bonds. The number of anilines is 2. The molecule has 0 radical (unpaired) electrons. The Morgan fingerprint density at radius 3 is 2.54 bits per heavy atom. The van der Waals surface area contributed by atoms with Gasteiger partial charge in [-0.25, -0.2) is 14.2 Å². The molecule has 2 aliphatic heterocycles. The van der Waals surface area contributed by atoms with Crippen molar-refractivity contribution in [2.75, 3.05) is 30.3 Å². The number of piperazine rings is 1. The summed E-state index contributed by atoms with van der Waals surface area (Å²) in [6, 6.07) is 2.23. The van der Waals surface area contributed by atoms with E-state index < -0.39 is 47.4 Å². The van der Waals surface area contributed by atoms with E-state index in [9.17, 15) is 18.0 Å². The van der Waals surface area contributed by atoms with Gasteiger partial charge in [0.1, 0.15) is 17.2 Å². The summed E-state index contributed by atoms with van der Waals surface area (Å²) in [7, 11) is 0. The second-order valence-electron chi connectivity index (χ2n) is 9.08. The number of aliphatic carboxylic acids is 1. The number of alkyl halides is 3. The van der Waals surface area contributed by atoms with Gasteiger partial charge in [-0.15, -0.1) is 0 Å². The quantitative estimate of drug-likeness (QED) is 0.414. The number of halogens is 5. The van der Waals surface area contributed by atoms with Gasteiger partial charge in [-0.05, 0) is 37.5 Å². The largest absolute Gasteiger partial charge is 0.479 e. The van der Waals surface area contributed by atoms with Crippen LogP contribution in [0.5, 0.6) is 6.01 Å². The number of aryl methyl sites for hydroxylation is 1. The summed E-state index contributed by atoms with van der Waals surface area (Å²) < 4.78 is 63.2. The summed E-state index contributed by atoms with van der Waals surface area (Å²) in [5.74, 6) is -2.51. The van der Waals surface area contributed by atoms with Crippen LogP contribution < -0.4 is 20.7 Å². The van der Waals surface area contributed by atoms with Crippen molar-refractivity contribution in [2.45, 2.75) is 38.0 Å². The van der Waals surface area contributed by atoms with Gasteiger partial charge in [0.25, 0.3) is 0 Å². The molecule has 5 rings (SSSR count). The Hall–Kier alpha value is -3.45. The van der Waals surface area contributed by atoms with E-state index in [-0.39, 0.29) is 45.2 Å². The number of nitrogens with zero attached hydrogens (tertiary/aromatic N) is 4. The molecule has 196 valence electrons. The highest BCUT2D eigenvalue weighted by molar-refractivity contribution is 6.34. The van der Waals surface area contributed by atoms with Crippen LogP contribution >= 0.6 is 11.6 Å². The van der Waals surface area contributed by atoms with Crippen LogP contribution in [0.3, 0.4) is 0 Å². The average Bonchev–Trinajstić information content (AvgIpc) is 3.13. The number of nitrogen functional groups attached to an aromatic ring is 1. The van der Waals surface area contributed by atoms with Gasteiger partial charge in [0.05, 0.1) is 21.8 Å². The SMILES string of the molecule is Cc1cc(N)nc(-c2c(Cl)cc3c(N4C[C@H]5CC[C@@H](C4)N5)nc(OCC(=O)O)nc3c2F)c1C(F)(F)F. The summed E-state index contributed by atoms with van der Waals surface area (Å²) in [6.45, 7) is 1.44. The first-order valence-corrected chi connectivity index (χ1v) is 11.7. The maximum atomic E-state index is 16.1. The predicted octanol–water partition coefficient (Wildman–Crippen LogP) is 3.80. The summed E-state index contributed by atoms with van der Waals surface area (Å²) in [4.78, 5) is 25.0. The number of carboxylic acids is 1. The van der Waals surface area contributed by atoms with Gasteiger partial charge in [0, 0.05) is 30.6 Å². The van der Waals surface area contributed by atoms with Crippen LogP contribution in [-0.2, 0) is 11.0 Å².